The lowest BCUT2D eigenvalue weighted by Gasteiger charge is -2.34. The molecule has 2 aromatic carbocycles. The monoisotopic (exact) mass is 376 g/mol. The summed E-state index contributed by atoms with van der Waals surface area (Å²) in [6.07, 6.45) is 3.24. The third-order valence-corrected chi connectivity index (χ3v) is 5.56. The highest BCUT2D eigenvalue weighted by Gasteiger charge is 2.24. The van der Waals surface area contributed by atoms with Crippen LogP contribution in [0.3, 0.4) is 0 Å². The summed E-state index contributed by atoms with van der Waals surface area (Å²) in [7, 11) is 0. The van der Waals surface area contributed by atoms with Gasteiger partial charge in [-0.2, -0.15) is 0 Å². The first kappa shape index (κ1) is 17.0. The van der Waals surface area contributed by atoms with Crippen molar-refractivity contribution in [2.24, 2.45) is 0 Å². The Balaban J connectivity index is 1.62. The number of nitrogens with zero attached hydrogens (tertiary/aromatic N) is 1. The summed E-state index contributed by atoms with van der Waals surface area (Å²) < 4.78 is 6.09. The molecule has 0 spiro atoms. The van der Waals surface area contributed by atoms with Crippen LogP contribution in [0, 0.1) is 0 Å². The topological polar surface area (TPSA) is 24.5 Å². The van der Waals surface area contributed by atoms with Crippen molar-refractivity contribution in [3.05, 3.63) is 51.5 Å². The summed E-state index contributed by atoms with van der Waals surface area (Å²) in [4.78, 5) is 2.49. The molecule has 1 fully saturated rings. The van der Waals surface area contributed by atoms with Gasteiger partial charge in [0.25, 0.3) is 0 Å². The predicted octanol–water partition coefficient (Wildman–Crippen LogP) is 5.59. The number of piperidine rings is 1. The Morgan fingerprint density at radius 3 is 2.84 bits per heavy atom. The highest BCUT2D eigenvalue weighted by atomic mass is 35.5. The third kappa shape index (κ3) is 3.59. The van der Waals surface area contributed by atoms with Gasteiger partial charge in [-0.05, 0) is 55.8 Å². The van der Waals surface area contributed by atoms with Gasteiger partial charge in [0, 0.05) is 40.3 Å². The average molecular weight is 377 g/mol. The van der Waals surface area contributed by atoms with Crippen molar-refractivity contribution in [2.45, 2.75) is 32.2 Å². The van der Waals surface area contributed by atoms with E-state index >= 15 is 0 Å². The van der Waals surface area contributed by atoms with Gasteiger partial charge in [-0.1, -0.05) is 36.2 Å². The summed E-state index contributed by atoms with van der Waals surface area (Å²) in [5, 5.41) is 5.10. The maximum Gasteiger partial charge on any atom is 0.134 e. The molecule has 2 aliphatic rings. The maximum atomic E-state index is 6.36. The van der Waals surface area contributed by atoms with E-state index < -0.39 is 0 Å². The molecule has 1 unspecified atom stereocenters. The van der Waals surface area contributed by atoms with Crippen LogP contribution in [0.2, 0.25) is 10.0 Å². The number of hydrogen-bond donors (Lipinski definition) is 1. The lowest BCUT2D eigenvalue weighted by Crippen LogP contribution is -2.42. The quantitative estimate of drug-likeness (QED) is 0.644. The third-order valence-electron chi connectivity index (χ3n) is 5.10. The summed E-state index contributed by atoms with van der Waals surface area (Å²) in [5.74, 6) is 1.65. The minimum absolute atomic E-state index is 0.447. The van der Waals surface area contributed by atoms with E-state index in [1.165, 1.54) is 24.9 Å². The van der Waals surface area contributed by atoms with Gasteiger partial charge in [-0.3, -0.25) is 0 Å². The first-order valence-electron chi connectivity index (χ1n) is 8.90. The maximum absolute atomic E-state index is 6.36. The van der Waals surface area contributed by atoms with E-state index in [1.807, 2.05) is 30.3 Å². The van der Waals surface area contributed by atoms with E-state index in [1.54, 1.807) is 0 Å². The Bertz CT molecular complexity index is 794. The number of nitrogens with one attached hydrogen (secondary N) is 1. The zero-order valence-corrected chi connectivity index (χ0v) is 15.8. The van der Waals surface area contributed by atoms with E-state index in [2.05, 4.69) is 17.1 Å². The van der Waals surface area contributed by atoms with Crippen molar-refractivity contribution in [2.75, 3.05) is 25.0 Å². The normalized spacial score (nSPS) is 19.7. The molecular formula is C20H22Cl2N2O. The smallest absolute Gasteiger partial charge is 0.134 e. The van der Waals surface area contributed by atoms with Gasteiger partial charge in [-0.25, -0.2) is 0 Å². The number of halogens is 2. The lowest BCUT2D eigenvalue weighted by molar-refractivity contribution is 0.227. The predicted molar refractivity (Wildman–Crippen MR) is 105 cm³/mol. The average Bonchev–Trinajstić information content (AvgIpc) is 2.60. The highest BCUT2D eigenvalue weighted by Crippen LogP contribution is 2.43. The first-order valence-corrected chi connectivity index (χ1v) is 9.65. The van der Waals surface area contributed by atoms with Gasteiger partial charge >= 0.3 is 0 Å². The summed E-state index contributed by atoms with van der Waals surface area (Å²) in [6.45, 7) is 5.59. The second-order valence-electron chi connectivity index (χ2n) is 6.84. The summed E-state index contributed by atoms with van der Waals surface area (Å²) in [5.41, 5.74) is 3.42. The van der Waals surface area contributed by atoms with Crippen molar-refractivity contribution in [3.8, 4) is 11.5 Å². The zero-order chi connectivity index (χ0) is 17.4. The molecule has 0 bridgehead atoms. The first-order chi connectivity index (χ1) is 12.1. The molecule has 1 saturated heterocycles. The van der Waals surface area contributed by atoms with E-state index in [-0.39, 0.29) is 0 Å². The Hall–Kier alpha value is -1.42. The molecule has 132 valence electrons. The fourth-order valence-electron chi connectivity index (χ4n) is 3.77. The molecule has 2 aliphatic heterocycles. The van der Waals surface area contributed by atoms with E-state index in [0.29, 0.717) is 16.1 Å². The number of ether oxygens (including phenoxy) is 1. The molecule has 2 heterocycles. The minimum Gasteiger partial charge on any atom is -0.457 e. The number of likely N-dealkylation sites (tertiary alicyclic amines) is 1. The number of anilines is 1. The van der Waals surface area contributed by atoms with Crippen molar-refractivity contribution >= 4 is 28.9 Å². The molecule has 0 saturated carbocycles. The Morgan fingerprint density at radius 1 is 1.16 bits per heavy atom. The van der Waals surface area contributed by atoms with Gasteiger partial charge < -0.3 is 15.0 Å². The Morgan fingerprint density at radius 2 is 2.00 bits per heavy atom. The number of likely N-dealkylation sites (N-methyl/N-ethyl adjacent to an activating group) is 1. The molecule has 25 heavy (non-hydrogen) atoms. The molecule has 0 aromatic heterocycles. The van der Waals surface area contributed by atoms with Crippen molar-refractivity contribution in [1.82, 2.24) is 4.90 Å². The molecule has 0 amide bonds. The number of rotatable bonds is 3. The van der Waals surface area contributed by atoms with Crippen molar-refractivity contribution in [1.29, 1.82) is 0 Å². The molecule has 5 heteroatoms. The van der Waals surface area contributed by atoms with Crippen molar-refractivity contribution in [3.63, 3.8) is 0 Å². The SMILES string of the molecule is CCN1CCCC(Nc2cc(Cl)cc3c2Cc2ccc(Cl)cc2O3)C1. The van der Waals surface area contributed by atoms with E-state index in [9.17, 15) is 0 Å². The fourth-order valence-corrected chi connectivity index (χ4v) is 4.14. The van der Waals surface area contributed by atoms with Crippen molar-refractivity contribution < 1.29 is 4.74 Å². The highest BCUT2D eigenvalue weighted by molar-refractivity contribution is 6.31. The summed E-state index contributed by atoms with van der Waals surface area (Å²) in [6, 6.07) is 10.2. The van der Waals surface area contributed by atoms with Crippen LogP contribution in [0.5, 0.6) is 11.5 Å². The van der Waals surface area contributed by atoms with Crippen LogP contribution in [-0.2, 0) is 6.42 Å². The van der Waals surface area contributed by atoms with Gasteiger partial charge in [0.1, 0.15) is 11.5 Å². The minimum atomic E-state index is 0.447. The molecule has 2 aromatic rings. The largest absolute Gasteiger partial charge is 0.457 e. The second-order valence-corrected chi connectivity index (χ2v) is 7.71. The molecular weight excluding hydrogens is 355 g/mol. The van der Waals surface area contributed by atoms with Gasteiger partial charge in [0.05, 0.1) is 0 Å². The molecule has 0 radical (unpaired) electrons. The van der Waals surface area contributed by atoms with E-state index in [4.69, 9.17) is 27.9 Å². The molecule has 4 rings (SSSR count). The molecule has 0 aliphatic carbocycles. The van der Waals surface area contributed by atoms with Crippen LogP contribution in [0.4, 0.5) is 5.69 Å². The summed E-state index contributed by atoms with van der Waals surface area (Å²) >= 11 is 12.5. The standard InChI is InChI=1S/C20H22Cl2N2O/c1-2-24-7-3-4-16(12-24)23-18-9-15(22)11-20-17(18)8-13-5-6-14(21)10-19(13)25-20/h5-6,9-11,16,23H,2-4,7-8,12H2,1H3. The number of hydrogen-bond acceptors (Lipinski definition) is 3. The lowest BCUT2D eigenvalue weighted by atomic mass is 9.97. The van der Waals surface area contributed by atoms with Gasteiger partial charge in [0.15, 0.2) is 0 Å². The van der Waals surface area contributed by atoms with Crippen LogP contribution in [-0.4, -0.2) is 30.6 Å². The van der Waals surface area contributed by atoms with Crippen LogP contribution in [0.15, 0.2) is 30.3 Å². The van der Waals surface area contributed by atoms with Crippen LogP contribution in [0.25, 0.3) is 0 Å². The van der Waals surface area contributed by atoms with Crippen LogP contribution < -0.4 is 10.1 Å². The fraction of sp³-hybridized carbons (Fsp3) is 0.400. The Kier molecular flexibility index (Phi) is 4.81. The molecule has 3 nitrogen and oxygen atoms in total. The second kappa shape index (κ2) is 7.06. The van der Waals surface area contributed by atoms with Crippen LogP contribution in [0.1, 0.15) is 30.9 Å². The number of fused-ring (bicyclic) bond motifs is 2. The van der Waals surface area contributed by atoms with Gasteiger partial charge in [0.2, 0.25) is 0 Å². The van der Waals surface area contributed by atoms with Crippen LogP contribution >= 0.6 is 23.2 Å². The number of benzene rings is 2. The zero-order valence-electron chi connectivity index (χ0n) is 14.3. The Labute approximate surface area is 158 Å². The molecule has 1 atom stereocenters. The van der Waals surface area contributed by atoms with Gasteiger partial charge in [-0.15, -0.1) is 0 Å². The molecule has 1 N–H and O–H groups in total. The van der Waals surface area contributed by atoms with E-state index in [0.717, 1.165) is 42.3 Å².